The molecule has 3 aromatic carbocycles. The Morgan fingerprint density at radius 3 is 2.56 bits per heavy atom. The van der Waals surface area contributed by atoms with E-state index in [1.807, 2.05) is 100 Å². The first kappa shape index (κ1) is 28.5. The number of hydrogen-bond acceptors (Lipinski definition) is 3. The average molecular weight is 570 g/mol. The number of amides is 3. The average Bonchev–Trinajstić information content (AvgIpc) is 3.40. The monoisotopic (exact) mass is 569 g/mol. The highest BCUT2D eigenvalue weighted by Crippen LogP contribution is 2.29. The fourth-order valence-corrected chi connectivity index (χ4v) is 5.53. The van der Waals surface area contributed by atoms with Crippen LogP contribution in [-0.2, 0) is 11.3 Å². The van der Waals surface area contributed by atoms with Crippen LogP contribution in [0, 0.1) is 0 Å². The normalized spacial score (nSPS) is 15.0. The van der Waals surface area contributed by atoms with Gasteiger partial charge in [-0.2, -0.15) is 0 Å². The molecule has 1 aromatic heterocycles. The number of urea groups is 1. The molecule has 0 radical (unpaired) electrons. The minimum Gasteiger partial charge on any atom is -0.361 e. The van der Waals surface area contributed by atoms with Crippen LogP contribution in [0.5, 0.6) is 0 Å². The summed E-state index contributed by atoms with van der Waals surface area (Å²) in [5.74, 6) is -0.544. The topological polar surface area (TPSA) is 80.5 Å². The van der Waals surface area contributed by atoms with Gasteiger partial charge in [0.1, 0.15) is 6.04 Å². The molecule has 3 amide bonds. The van der Waals surface area contributed by atoms with Crippen LogP contribution >= 0.6 is 11.6 Å². The van der Waals surface area contributed by atoms with Crippen molar-refractivity contribution < 1.29 is 9.59 Å². The zero-order valence-electron chi connectivity index (χ0n) is 23.7. The highest BCUT2D eigenvalue weighted by atomic mass is 35.5. The van der Waals surface area contributed by atoms with Crippen molar-refractivity contribution in [2.24, 2.45) is 0 Å². The summed E-state index contributed by atoms with van der Waals surface area (Å²) in [6.45, 7) is 3.77. The van der Waals surface area contributed by atoms with Crippen LogP contribution in [0.1, 0.15) is 36.0 Å². The van der Waals surface area contributed by atoms with E-state index in [1.54, 1.807) is 4.90 Å². The number of anilines is 1. The molecule has 3 N–H and O–H groups in total. The maximum absolute atomic E-state index is 13.8. The van der Waals surface area contributed by atoms with Crippen LogP contribution in [0.25, 0.3) is 16.5 Å². The number of nitrogens with one attached hydrogen (secondary N) is 3. The predicted octanol–water partition coefficient (Wildman–Crippen LogP) is 6.49. The Morgan fingerprint density at radius 1 is 1.05 bits per heavy atom. The Kier molecular flexibility index (Phi) is 8.76. The van der Waals surface area contributed by atoms with Crippen LogP contribution in [0.3, 0.4) is 0 Å². The van der Waals surface area contributed by atoms with Gasteiger partial charge in [-0.1, -0.05) is 67.1 Å². The number of aromatic nitrogens is 1. The maximum Gasteiger partial charge on any atom is 0.318 e. The highest BCUT2D eigenvalue weighted by Gasteiger charge is 2.31. The van der Waals surface area contributed by atoms with Crippen molar-refractivity contribution in [2.75, 3.05) is 32.5 Å². The Bertz CT molecular complexity index is 1560. The Hall–Kier alpha value is -4.07. The Morgan fingerprint density at radius 2 is 1.83 bits per heavy atom. The second-order valence-electron chi connectivity index (χ2n) is 10.9. The van der Waals surface area contributed by atoms with E-state index in [1.165, 1.54) is 5.57 Å². The lowest BCUT2D eigenvalue weighted by molar-refractivity contribution is -0.118. The van der Waals surface area contributed by atoms with E-state index in [-0.39, 0.29) is 17.9 Å². The minimum atomic E-state index is -0.791. The second kappa shape index (κ2) is 12.6. The number of fused-ring (bicyclic) bond motifs is 1. The van der Waals surface area contributed by atoms with Crippen LogP contribution in [-0.4, -0.2) is 59.9 Å². The van der Waals surface area contributed by atoms with E-state index in [2.05, 4.69) is 26.6 Å². The number of hydrogen-bond donors (Lipinski definition) is 3. The number of rotatable bonds is 8. The lowest BCUT2D eigenvalue weighted by Crippen LogP contribution is -2.52. The molecule has 5 rings (SSSR count). The molecular weight excluding hydrogens is 534 g/mol. The molecule has 0 saturated heterocycles. The van der Waals surface area contributed by atoms with Crippen molar-refractivity contribution >= 4 is 45.7 Å². The van der Waals surface area contributed by atoms with Crippen LogP contribution in [0.4, 0.5) is 10.5 Å². The number of aromatic amines is 1. The van der Waals surface area contributed by atoms with Gasteiger partial charge >= 0.3 is 6.03 Å². The molecule has 2 heterocycles. The van der Waals surface area contributed by atoms with Gasteiger partial charge in [-0.3, -0.25) is 4.79 Å². The fraction of sp³-hybridized carbons (Fsp3) is 0.273. The molecule has 0 aliphatic carbocycles. The first-order valence-corrected chi connectivity index (χ1v) is 14.3. The summed E-state index contributed by atoms with van der Waals surface area (Å²) in [6.07, 6.45) is 4.73. The minimum absolute atomic E-state index is 0.257. The summed E-state index contributed by atoms with van der Waals surface area (Å²) < 4.78 is 0. The highest BCUT2D eigenvalue weighted by molar-refractivity contribution is 6.30. The first-order valence-electron chi connectivity index (χ1n) is 13.9. The number of halogens is 1. The standard InChI is InChI=1S/C33H36ClN5O2/c1-22(29-20-35-30-10-5-4-9-28(29)30)31(32(40)36-27-8-6-7-23(19-27)21-38(2)3)37-33(41)39-17-15-25(16-18-39)24-11-13-26(34)14-12-24/h4-15,19-20,22,31,35H,16-18,21H2,1-3H3,(H,36,40)(H,37,41)/t22-,31+/m0/s1. The lowest BCUT2D eigenvalue weighted by Gasteiger charge is -2.31. The molecule has 0 bridgehead atoms. The number of carbonyl (C=O) groups is 2. The van der Waals surface area contributed by atoms with Gasteiger partial charge in [0.05, 0.1) is 0 Å². The lowest BCUT2D eigenvalue weighted by atomic mass is 9.92. The molecule has 212 valence electrons. The maximum atomic E-state index is 13.8. The van der Waals surface area contributed by atoms with Gasteiger partial charge in [-0.15, -0.1) is 0 Å². The summed E-state index contributed by atoms with van der Waals surface area (Å²) in [7, 11) is 4.02. The molecule has 4 aromatic rings. The molecule has 1 aliphatic heterocycles. The molecule has 0 saturated carbocycles. The SMILES string of the molecule is C[C@@H](c1c[nH]c2ccccc12)[C@@H](NC(=O)N1CC=C(c2ccc(Cl)cc2)CC1)C(=O)Nc1cccc(CN(C)C)c1. The van der Waals surface area contributed by atoms with E-state index in [0.717, 1.165) is 40.6 Å². The third-order valence-corrected chi connectivity index (χ3v) is 7.83. The zero-order chi connectivity index (χ0) is 28.9. The smallest absolute Gasteiger partial charge is 0.318 e. The molecule has 0 spiro atoms. The van der Waals surface area contributed by atoms with Gasteiger partial charge in [-0.25, -0.2) is 4.79 Å². The molecular formula is C33H36ClN5O2. The third kappa shape index (κ3) is 6.81. The van der Waals surface area contributed by atoms with Gasteiger partial charge < -0.3 is 25.4 Å². The van der Waals surface area contributed by atoms with Crippen molar-refractivity contribution in [1.82, 2.24) is 20.1 Å². The number of nitrogens with zero attached hydrogens (tertiary/aromatic N) is 2. The van der Waals surface area contributed by atoms with Crippen molar-refractivity contribution in [3.05, 3.63) is 107 Å². The molecule has 2 atom stereocenters. The quantitative estimate of drug-likeness (QED) is 0.227. The van der Waals surface area contributed by atoms with Crippen molar-refractivity contribution in [1.29, 1.82) is 0 Å². The first-order chi connectivity index (χ1) is 19.8. The summed E-state index contributed by atoms with van der Waals surface area (Å²) in [4.78, 5) is 34.5. The van der Waals surface area contributed by atoms with Gasteiger partial charge in [0.25, 0.3) is 0 Å². The van der Waals surface area contributed by atoms with Crippen LogP contribution in [0.15, 0.2) is 85.1 Å². The molecule has 41 heavy (non-hydrogen) atoms. The fourth-order valence-electron chi connectivity index (χ4n) is 5.40. The zero-order valence-corrected chi connectivity index (χ0v) is 24.4. The van der Waals surface area contributed by atoms with E-state index in [4.69, 9.17) is 11.6 Å². The second-order valence-corrected chi connectivity index (χ2v) is 11.3. The Balaban J connectivity index is 1.36. The van der Waals surface area contributed by atoms with Gasteiger partial charge in [0.2, 0.25) is 5.91 Å². The molecule has 7 nitrogen and oxygen atoms in total. The van der Waals surface area contributed by atoms with E-state index >= 15 is 0 Å². The number of para-hydroxylation sites is 1. The molecule has 0 fully saturated rings. The number of H-pyrrole nitrogens is 1. The van der Waals surface area contributed by atoms with Gasteiger partial charge in [0.15, 0.2) is 0 Å². The summed E-state index contributed by atoms with van der Waals surface area (Å²) >= 11 is 6.05. The van der Waals surface area contributed by atoms with E-state index in [9.17, 15) is 9.59 Å². The van der Waals surface area contributed by atoms with Crippen molar-refractivity contribution in [3.63, 3.8) is 0 Å². The predicted molar refractivity (Wildman–Crippen MR) is 167 cm³/mol. The summed E-state index contributed by atoms with van der Waals surface area (Å²) in [5, 5.41) is 7.87. The molecule has 0 unspecified atom stereocenters. The number of benzene rings is 3. The summed E-state index contributed by atoms with van der Waals surface area (Å²) in [5.41, 5.74) is 6.06. The van der Waals surface area contributed by atoms with Crippen LogP contribution in [0.2, 0.25) is 5.02 Å². The third-order valence-electron chi connectivity index (χ3n) is 7.58. The molecule has 1 aliphatic rings. The van der Waals surface area contributed by atoms with Crippen molar-refractivity contribution in [3.8, 4) is 0 Å². The Labute approximate surface area is 246 Å². The van der Waals surface area contributed by atoms with Gasteiger partial charge in [0, 0.05) is 53.4 Å². The van der Waals surface area contributed by atoms with E-state index in [0.29, 0.717) is 23.8 Å². The van der Waals surface area contributed by atoms with Crippen LogP contribution < -0.4 is 10.6 Å². The largest absolute Gasteiger partial charge is 0.361 e. The van der Waals surface area contributed by atoms with Crippen molar-refractivity contribution in [2.45, 2.75) is 31.8 Å². The van der Waals surface area contributed by atoms with E-state index < -0.39 is 6.04 Å². The van der Waals surface area contributed by atoms with Gasteiger partial charge in [-0.05, 0) is 73.1 Å². The molecule has 8 heteroatoms. The number of carbonyl (C=O) groups excluding carboxylic acids is 2. The summed E-state index contributed by atoms with van der Waals surface area (Å²) in [6, 6.07) is 22.5.